The van der Waals surface area contributed by atoms with Crippen LogP contribution in [0.25, 0.3) is 0 Å². The Morgan fingerprint density at radius 3 is 2.18 bits per heavy atom. The molecule has 0 aromatic heterocycles. The van der Waals surface area contributed by atoms with Crippen molar-refractivity contribution >= 4 is 27.1 Å². The first-order valence-electron chi connectivity index (χ1n) is 6.61. The lowest BCUT2D eigenvalue weighted by Crippen LogP contribution is -2.21. The molecule has 116 valence electrons. The molecule has 0 aliphatic heterocycles. The van der Waals surface area contributed by atoms with E-state index < -0.39 is 10.0 Å². The Balaban J connectivity index is 2.23. The number of hydrogen-bond donors (Lipinski definition) is 1. The van der Waals surface area contributed by atoms with Crippen molar-refractivity contribution in [2.45, 2.75) is 11.8 Å². The summed E-state index contributed by atoms with van der Waals surface area (Å²) < 4.78 is 25.1. The summed E-state index contributed by atoms with van der Waals surface area (Å²) in [5, 5.41) is 8.26. The van der Waals surface area contributed by atoms with Gasteiger partial charge in [-0.1, -0.05) is 0 Å². The van der Waals surface area contributed by atoms with E-state index in [1.54, 1.807) is 24.3 Å². The van der Waals surface area contributed by atoms with E-state index in [1.807, 2.05) is 13.0 Å². The van der Waals surface area contributed by atoms with Crippen LogP contribution in [0.5, 0.6) is 0 Å². The molecule has 2 rings (SSSR count). The third-order valence-electron chi connectivity index (χ3n) is 3.11. The second-order valence-electron chi connectivity index (χ2n) is 5.03. The third-order valence-corrected chi connectivity index (χ3v) is 4.94. The van der Waals surface area contributed by atoms with E-state index in [0.717, 1.165) is 11.3 Å². The average Bonchev–Trinajstić information content (AvgIpc) is 2.46. The highest BCUT2D eigenvalue weighted by atomic mass is 32.2. The number of sulfonamides is 1. The Bertz CT molecular complexity index is 797. The van der Waals surface area contributed by atoms with Crippen LogP contribution in [-0.2, 0) is 10.0 Å². The predicted molar refractivity (Wildman–Crippen MR) is 87.1 cm³/mol. The van der Waals surface area contributed by atoms with Gasteiger partial charge in [-0.25, -0.2) is 12.7 Å². The summed E-state index contributed by atoms with van der Waals surface area (Å²) in [5.41, 5.74) is 8.58. The van der Waals surface area contributed by atoms with E-state index in [0.29, 0.717) is 11.4 Å². The molecule has 2 N–H and O–H groups in total. The van der Waals surface area contributed by atoms with E-state index >= 15 is 0 Å². The first kappa shape index (κ1) is 16.1. The SMILES string of the molecule is Cc1cc(N)ccc1N=Nc1ccc(S(=O)(=O)N(C)C)cc1. The van der Waals surface area contributed by atoms with Gasteiger partial charge in [0.25, 0.3) is 0 Å². The van der Waals surface area contributed by atoms with E-state index in [4.69, 9.17) is 5.73 Å². The fourth-order valence-electron chi connectivity index (χ4n) is 1.80. The Kier molecular flexibility index (Phi) is 4.58. The normalized spacial score (nSPS) is 12.2. The van der Waals surface area contributed by atoms with Gasteiger partial charge in [0, 0.05) is 19.8 Å². The van der Waals surface area contributed by atoms with Crippen LogP contribution >= 0.6 is 0 Å². The molecule has 0 aliphatic rings. The smallest absolute Gasteiger partial charge is 0.242 e. The van der Waals surface area contributed by atoms with Gasteiger partial charge in [-0.3, -0.25) is 0 Å². The monoisotopic (exact) mass is 318 g/mol. The average molecular weight is 318 g/mol. The first-order valence-corrected chi connectivity index (χ1v) is 8.05. The molecule has 0 amide bonds. The number of hydrogen-bond acceptors (Lipinski definition) is 5. The number of aryl methyl sites for hydroxylation is 1. The summed E-state index contributed by atoms with van der Waals surface area (Å²) >= 11 is 0. The minimum absolute atomic E-state index is 0.222. The third kappa shape index (κ3) is 3.49. The van der Waals surface area contributed by atoms with Gasteiger partial charge in [0.15, 0.2) is 0 Å². The zero-order chi connectivity index (χ0) is 16.3. The minimum atomic E-state index is -3.43. The number of azo groups is 1. The standard InChI is InChI=1S/C15H18N4O2S/c1-11-10-12(16)4-9-15(11)18-17-13-5-7-14(8-6-13)22(20,21)19(2)3/h4-10H,16H2,1-3H3. The van der Waals surface area contributed by atoms with Crippen LogP contribution < -0.4 is 5.73 Å². The van der Waals surface area contributed by atoms with Gasteiger partial charge in [-0.2, -0.15) is 10.2 Å². The molecule has 7 heteroatoms. The van der Waals surface area contributed by atoms with Gasteiger partial charge in [-0.05, 0) is 55.0 Å². The Labute approximate surface area is 130 Å². The fraction of sp³-hybridized carbons (Fsp3) is 0.200. The summed E-state index contributed by atoms with van der Waals surface area (Å²) in [7, 11) is -0.439. The van der Waals surface area contributed by atoms with E-state index in [-0.39, 0.29) is 4.90 Å². The maximum atomic E-state index is 12.0. The molecule has 0 atom stereocenters. The molecule has 22 heavy (non-hydrogen) atoms. The van der Waals surface area contributed by atoms with Gasteiger partial charge in [0.05, 0.1) is 16.3 Å². The lowest BCUT2D eigenvalue weighted by molar-refractivity contribution is 0.521. The largest absolute Gasteiger partial charge is 0.399 e. The summed E-state index contributed by atoms with van der Waals surface area (Å²) in [6.45, 7) is 1.90. The topological polar surface area (TPSA) is 88.1 Å². The van der Waals surface area contributed by atoms with E-state index in [9.17, 15) is 8.42 Å². The van der Waals surface area contributed by atoms with Crippen LogP contribution in [0.3, 0.4) is 0 Å². The van der Waals surface area contributed by atoms with Crippen molar-refractivity contribution in [3.63, 3.8) is 0 Å². The van der Waals surface area contributed by atoms with Crippen molar-refractivity contribution in [1.82, 2.24) is 4.31 Å². The zero-order valence-electron chi connectivity index (χ0n) is 12.7. The number of nitrogen functional groups attached to an aromatic ring is 1. The summed E-state index contributed by atoms with van der Waals surface area (Å²) in [6.07, 6.45) is 0. The van der Waals surface area contributed by atoms with Gasteiger partial charge < -0.3 is 5.73 Å². The molecule has 0 heterocycles. The second kappa shape index (κ2) is 6.25. The molecule has 0 bridgehead atoms. The zero-order valence-corrected chi connectivity index (χ0v) is 13.5. The van der Waals surface area contributed by atoms with Gasteiger partial charge >= 0.3 is 0 Å². The maximum absolute atomic E-state index is 12.0. The van der Waals surface area contributed by atoms with E-state index in [1.165, 1.54) is 30.5 Å². The summed E-state index contributed by atoms with van der Waals surface area (Å²) in [5.74, 6) is 0. The van der Waals surface area contributed by atoms with Crippen molar-refractivity contribution in [1.29, 1.82) is 0 Å². The van der Waals surface area contributed by atoms with Crippen LogP contribution in [0.2, 0.25) is 0 Å². The van der Waals surface area contributed by atoms with Gasteiger partial charge in [0.2, 0.25) is 10.0 Å². The molecule has 6 nitrogen and oxygen atoms in total. The maximum Gasteiger partial charge on any atom is 0.242 e. The molecule has 2 aromatic rings. The second-order valence-corrected chi connectivity index (χ2v) is 7.18. The Morgan fingerprint density at radius 2 is 1.64 bits per heavy atom. The molecule has 0 radical (unpaired) electrons. The molecule has 0 spiro atoms. The number of anilines is 1. The molecule has 0 unspecified atom stereocenters. The van der Waals surface area contributed by atoms with Crippen LogP contribution in [-0.4, -0.2) is 26.8 Å². The molecule has 0 fully saturated rings. The number of nitrogens with two attached hydrogens (primary N) is 1. The lowest BCUT2D eigenvalue weighted by Gasteiger charge is -2.10. The quantitative estimate of drug-likeness (QED) is 0.693. The molecule has 0 aliphatic carbocycles. The number of nitrogens with zero attached hydrogens (tertiary/aromatic N) is 3. The fourth-order valence-corrected chi connectivity index (χ4v) is 2.70. The van der Waals surface area contributed by atoms with Crippen molar-refractivity contribution < 1.29 is 8.42 Å². The highest BCUT2D eigenvalue weighted by Crippen LogP contribution is 2.24. The highest BCUT2D eigenvalue weighted by molar-refractivity contribution is 7.89. The first-order chi connectivity index (χ1) is 10.3. The number of benzene rings is 2. The van der Waals surface area contributed by atoms with Crippen LogP contribution in [0.1, 0.15) is 5.56 Å². The Morgan fingerprint density at radius 1 is 1.00 bits per heavy atom. The molecule has 2 aromatic carbocycles. The van der Waals surface area contributed by atoms with E-state index in [2.05, 4.69) is 10.2 Å². The van der Waals surface area contributed by atoms with Crippen LogP contribution in [0.4, 0.5) is 17.1 Å². The highest BCUT2D eigenvalue weighted by Gasteiger charge is 2.16. The summed E-state index contributed by atoms with van der Waals surface area (Å²) in [4.78, 5) is 0.222. The van der Waals surface area contributed by atoms with Crippen LogP contribution in [0, 0.1) is 6.92 Å². The summed E-state index contributed by atoms with van der Waals surface area (Å²) in [6, 6.07) is 11.6. The molecular weight excluding hydrogens is 300 g/mol. The van der Waals surface area contributed by atoms with Gasteiger partial charge in [0.1, 0.15) is 0 Å². The lowest BCUT2D eigenvalue weighted by atomic mass is 10.2. The predicted octanol–water partition coefficient (Wildman–Crippen LogP) is 3.24. The van der Waals surface area contributed by atoms with Crippen molar-refractivity contribution in [2.24, 2.45) is 10.2 Å². The van der Waals surface area contributed by atoms with Crippen LogP contribution in [0.15, 0.2) is 57.6 Å². The molecule has 0 saturated carbocycles. The van der Waals surface area contributed by atoms with Crippen molar-refractivity contribution in [3.05, 3.63) is 48.0 Å². The molecular formula is C15H18N4O2S. The van der Waals surface area contributed by atoms with Crippen molar-refractivity contribution in [3.8, 4) is 0 Å². The minimum Gasteiger partial charge on any atom is -0.399 e. The Hall–Kier alpha value is -2.25. The number of rotatable bonds is 4. The molecule has 0 saturated heterocycles. The van der Waals surface area contributed by atoms with Crippen molar-refractivity contribution in [2.75, 3.05) is 19.8 Å². The van der Waals surface area contributed by atoms with Gasteiger partial charge in [-0.15, -0.1) is 0 Å².